The molecule has 0 radical (unpaired) electrons. The largest absolute Gasteiger partial charge is 0.494 e. The van der Waals surface area contributed by atoms with Gasteiger partial charge >= 0.3 is 0 Å². The van der Waals surface area contributed by atoms with Crippen molar-refractivity contribution < 1.29 is 14.3 Å². The molecule has 1 N–H and O–H groups in total. The third-order valence-corrected chi connectivity index (χ3v) is 3.36. The lowest BCUT2D eigenvalue weighted by molar-refractivity contribution is -0.117. The Labute approximate surface area is 149 Å². The number of aromatic nitrogens is 1. The zero-order valence-electron chi connectivity index (χ0n) is 14.7. The summed E-state index contributed by atoms with van der Waals surface area (Å²) in [5, 5.41) is 2.78. The van der Waals surface area contributed by atoms with Gasteiger partial charge in [-0.1, -0.05) is 56.7 Å². The van der Waals surface area contributed by atoms with Gasteiger partial charge in [-0.2, -0.15) is 0 Å². The number of amides is 1. The van der Waals surface area contributed by atoms with Crippen LogP contribution in [0, 0.1) is 0 Å². The van der Waals surface area contributed by atoms with Crippen LogP contribution in [0.15, 0.2) is 56.3 Å². The van der Waals surface area contributed by atoms with Gasteiger partial charge in [-0.15, -0.1) is 0 Å². The van der Waals surface area contributed by atoms with Crippen molar-refractivity contribution in [3.8, 4) is 11.6 Å². The first-order valence-electron chi connectivity index (χ1n) is 7.74. The molecule has 5 nitrogen and oxygen atoms in total. The van der Waals surface area contributed by atoms with Crippen LogP contribution in [-0.4, -0.2) is 30.6 Å². The van der Waals surface area contributed by atoms with E-state index in [1.807, 2.05) is 6.92 Å². The molecule has 25 heavy (non-hydrogen) atoms. The van der Waals surface area contributed by atoms with Crippen LogP contribution >= 0.6 is 0 Å². The number of carbonyl (C=O) groups excluding carboxylic acids is 1. The van der Waals surface area contributed by atoms with Crippen LogP contribution in [0.1, 0.15) is 18.1 Å². The maximum atomic E-state index is 12.0. The van der Waals surface area contributed by atoms with Crippen molar-refractivity contribution in [1.29, 1.82) is 0 Å². The van der Waals surface area contributed by atoms with Gasteiger partial charge < -0.3 is 14.8 Å². The second-order valence-electron chi connectivity index (χ2n) is 5.07. The van der Waals surface area contributed by atoms with E-state index in [9.17, 15) is 4.79 Å². The second-order valence-corrected chi connectivity index (χ2v) is 5.07. The summed E-state index contributed by atoms with van der Waals surface area (Å²) in [6.07, 6.45) is 9.14. The van der Waals surface area contributed by atoms with Crippen molar-refractivity contribution >= 4 is 18.1 Å². The lowest BCUT2D eigenvalue weighted by Crippen LogP contribution is -2.34. The molecule has 1 aromatic rings. The predicted molar refractivity (Wildman–Crippen MR) is 103 cm³/mol. The molecule has 0 fully saturated rings. The summed E-state index contributed by atoms with van der Waals surface area (Å²) < 4.78 is 11.1. The van der Waals surface area contributed by atoms with Gasteiger partial charge in [0.05, 0.1) is 19.9 Å². The highest BCUT2D eigenvalue weighted by atomic mass is 16.5. The first-order chi connectivity index (χ1) is 12.0. The van der Waals surface area contributed by atoms with Crippen LogP contribution in [0.4, 0.5) is 0 Å². The Morgan fingerprint density at radius 2 is 1.96 bits per heavy atom. The molecule has 0 bridgehead atoms. The fraction of sp³-hybridized carbons (Fsp3) is 0.200. The van der Waals surface area contributed by atoms with Gasteiger partial charge in [-0.05, 0) is 6.92 Å². The molecule has 1 rings (SSSR count). The molecular weight excluding hydrogens is 316 g/mol. The van der Waals surface area contributed by atoms with Gasteiger partial charge in [-0.3, -0.25) is 4.79 Å². The number of carbonyl (C=O) groups is 1. The minimum absolute atomic E-state index is 0.247. The van der Waals surface area contributed by atoms with Gasteiger partial charge in [0.15, 0.2) is 0 Å². The van der Waals surface area contributed by atoms with E-state index in [0.717, 1.165) is 5.56 Å². The van der Waals surface area contributed by atoms with Crippen molar-refractivity contribution in [2.24, 2.45) is 0 Å². The molecule has 1 atom stereocenters. The maximum Gasteiger partial charge on any atom is 0.251 e. The number of nitrogens with zero attached hydrogens (tertiary/aromatic N) is 1. The number of allylic oxidation sites excluding steroid dienone is 2. The van der Waals surface area contributed by atoms with E-state index in [0.29, 0.717) is 29.3 Å². The highest BCUT2D eigenvalue weighted by Crippen LogP contribution is 2.30. The second kappa shape index (κ2) is 9.93. The highest BCUT2D eigenvalue weighted by molar-refractivity contribution is 5.96. The van der Waals surface area contributed by atoms with Crippen LogP contribution in [-0.2, 0) is 4.79 Å². The fourth-order valence-electron chi connectivity index (χ4n) is 2.10. The van der Waals surface area contributed by atoms with Crippen molar-refractivity contribution in [3.63, 3.8) is 0 Å². The van der Waals surface area contributed by atoms with E-state index in [2.05, 4.69) is 36.6 Å². The van der Waals surface area contributed by atoms with Crippen LogP contribution in [0.3, 0.4) is 0 Å². The monoisotopic (exact) mass is 340 g/mol. The molecule has 0 saturated heterocycles. The third-order valence-electron chi connectivity index (χ3n) is 3.36. The number of hydrogen-bond acceptors (Lipinski definition) is 4. The van der Waals surface area contributed by atoms with Crippen LogP contribution in [0.2, 0.25) is 0 Å². The Balaban J connectivity index is 2.85. The summed E-state index contributed by atoms with van der Waals surface area (Å²) in [5.74, 6) is 0.741. The van der Waals surface area contributed by atoms with E-state index in [-0.39, 0.29) is 12.0 Å². The molecule has 0 spiro atoms. The SMILES string of the molecule is C=C/C=C(\C=C)C(=O)NCC(C)Oc1ncc(OC)c(C=C)c1C=C. The summed E-state index contributed by atoms with van der Waals surface area (Å²) in [6.45, 7) is 16.9. The van der Waals surface area contributed by atoms with Crippen molar-refractivity contribution in [2.45, 2.75) is 13.0 Å². The molecule has 0 saturated carbocycles. The summed E-state index contributed by atoms with van der Waals surface area (Å²) in [7, 11) is 1.56. The van der Waals surface area contributed by atoms with E-state index in [1.165, 1.54) is 12.2 Å². The van der Waals surface area contributed by atoms with Crippen LogP contribution in [0.25, 0.3) is 12.2 Å². The zero-order valence-corrected chi connectivity index (χ0v) is 14.7. The van der Waals surface area contributed by atoms with E-state index >= 15 is 0 Å². The molecule has 0 aliphatic heterocycles. The minimum Gasteiger partial charge on any atom is -0.494 e. The molecule has 1 unspecified atom stereocenters. The van der Waals surface area contributed by atoms with E-state index in [1.54, 1.807) is 31.5 Å². The van der Waals surface area contributed by atoms with Crippen molar-refractivity contribution in [2.75, 3.05) is 13.7 Å². The summed E-state index contributed by atoms with van der Waals surface area (Å²) >= 11 is 0. The molecule has 132 valence electrons. The Morgan fingerprint density at radius 1 is 1.28 bits per heavy atom. The Kier molecular flexibility index (Phi) is 7.93. The molecule has 0 aromatic carbocycles. The van der Waals surface area contributed by atoms with Gasteiger partial charge in [0.2, 0.25) is 5.88 Å². The van der Waals surface area contributed by atoms with Crippen LogP contribution < -0.4 is 14.8 Å². The van der Waals surface area contributed by atoms with Gasteiger partial charge in [0.1, 0.15) is 11.9 Å². The standard InChI is InChI=1S/C20H24N2O3/c1-7-11-15(8-2)19(23)21-12-14(5)25-20-17(10-4)16(9-3)18(24-6)13-22-20/h7-11,13-14H,1-4,12H2,5-6H3,(H,21,23)/b15-11+. The van der Waals surface area contributed by atoms with E-state index in [4.69, 9.17) is 9.47 Å². The number of pyridine rings is 1. The van der Waals surface area contributed by atoms with Gasteiger partial charge in [0.25, 0.3) is 5.91 Å². The number of nitrogens with one attached hydrogen (secondary N) is 1. The predicted octanol–water partition coefficient (Wildman–Crippen LogP) is 3.56. The topological polar surface area (TPSA) is 60.5 Å². The smallest absolute Gasteiger partial charge is 0.251 e. The number of rotatable bonds is 10. The third kappa shape index (κ3) is 5.21. The normalized spacial score (nSPS) is 11.8. The van der Waals surface area contributed by atoms with Gasteiger partial charge in [-0.25, -0.2) is 4.98 Å². The van der Waals surface area contributed by atoms with E-state index < -0.39 is 0 Å². The fourth-order valence-corrected chi connectivity index (χ4v) is 2.10. The quantitative estimate of drug-likeness (QED) is 0.523. The molecule has 0 aliphatic rings. The highest BCUT2D eigenvalue weighted by Gasteiger charge is 2.15. The number of hydrogen-bond donors (Lipinski definition) is 1. The molecule has 5 heteroatoms. The lowest BCUT2D eigenvalue weighted by Gasteiger charge is -2.18. The molecular formula is C20H24N2O3. The average molecular weight is 340 g/mol. The average Bonchev–Trinajstić information content (AvgIpc) is 2.63. The molecule has 1 aromatic heterocycles. The zero-order chi connectivity index (χ0) is 18.8. The molecule has 1 heterocycles. The lowest BCUT2D eigenvalue weighted by atomic mass is 10.1. The Morgan fingerprint density at radius 3 is 2.48 bits per heavy atom. The number of methoxy groups -OCH3 is 1. The Bertz CT molecular complexity index is 705. The summed E-state index contributed by atoms with van der Waals surface area (Å²) in [5.41, 5.74) is 1.87. The minimum atomic E-state index is -0.309. The van der Waals surface area contributed by atoms with Crippen molar-refractivity contribution in [1.82, 2.24) is 10.3 Å². The first kappa shape index (κ1) is 20.0. The Hall–Kier alpha value is -3.08. The first-order valence-corrected chi connectivity index (χ1v) is 7.74. The van der Waals surface area contributed by atoms with Crippen LogP contribution in [0.5, 0.6) is 11.6 Å². The summed E-state index contributed by atoms with van der Waals surface area (Å²) in [4.78, 5) is 16.3. The molecule has 0 aliphatic carbocycles. The van der Waals surface area contributed by atoms with Crippen molar-refractivity contribution in [3.05, 3.63) is 67.4 Å². The van der Waals surface area contributed by atoms with Gasteiger partial charge in [0, 0.05) is 16.7 Å². The maximum absolute atomic E-state index is 12.0. The molecule has 1 amide bonds. The summed E-state index contributed by atoms with van der Waals surface area (Å²) in [6, 6.07) is 0. The number of ether oxygens (including phenoxy) is 2.